The van der Waals surface area contributed by atoms with Crippen LogP contribution in [0.25, 0.3) is 0 Å². The van der Waals surface area contributed by atoms with Crippen molar-refractivity contribution in [3.8, 4) is 11.8 Å². The molecule has 18 heteroatoms. The fourth-order valence-electron chi connectivity index (χ4n) is 8.11. The number of amides is 4. The van der Waals surface area contributed by atoms with Crippen LogP contribution in [-0.4, -0.2) is 100 Å². The van der Waals surface area contributed by atoms with Gasteiger partial charge in [0.15, 0.2) is 10.8 Å². The normalized spacial score (nSPS) is 20.9. The Bertz CT molecular complexity index is 2210. The van der Waals surface area contributed by atoms with Crippen molar-refractivity contribution in [2.24, 2.45) is 0 Å². The quantitative estimate of drug-likeness (QED) is 0.169. The van der Waals surface area contributed by atoms with E-state index in [4.69, 9.17) is 17.0 Å². The summed E-state index contributed by atoms with van der Waals surface area (Å²) in [6.45, 7) is 7.51. The van der Waals surface area contributed by atoms with Crippen molar-refractivity contribution < 1.29 is 37.1 Å². The van der Waals surface area contributed by atoms with Crippen LogP contribution in [0.5, 0.6) is 5.75 Å². The zero-order valence-electron chi connectivity index (χ0n) is 32.6. The highest BCUT2D eigenvalue weighted by Gasteiger charge is 2.60. The molecule has 0 radical (unpaired) electrons. The zero-order valence-corrected chi connectivity index (χ0v) is 33.4. The van der Waals surface area contributed by atoms with Crippen LogP contribution in [0.2, 0.25) is 0 Å². The van der Waals surface area contributed by atoms with Crippen LogP contribution in [0.3, 0.4) is 0 Å². The zero-order chi connectivity index (χ0) is 42.1. The minimum Gasteiger partial charge on any atom is -0.492 e. The molecule has 1 unspecified atom stereocenters. The number of pyridine rings is 1. The van der Waals surface area contributed by atoms with E-state index in [9.17, 15) is 37.6 Å². The smallest absolute Gasteiger partial charge is 0.419 e. The number of nitriles is 1. The average molecular weight is 832 g/mol. The number of benzene rings is 2. The molecule has 3 saturated heterocycles. The van der Waals surface area contributed by atoms with E-state index in [-0.39, 0.29) is 47.5 Å². The van der Waals surface area contributed by atoms with Gasteiger partial charge in [0.05, 0.1) is 24.0 Å². The Morgan fingerprint density at radius 2 is 1.88 bits per heavy atom. The van der Waals surface area contributed by atoms with Crippen molar-refractivity contribution in [2.75, 3.05) is 59.8 Å². The number of hydrogen-bond donors (Lipinski definition) is 3. The Morgan fingerprint density at radius 3 is 2.56 bits per heavy atom. The number of aromatic nitrogens is 1. The Balaban J connectivity index is 0.925. The SMILES string of the molecule is CCc1cc(N2C(=S)N(c3cnc(C#N)c(C(F)(F)F)c3)C(=O)C23CCC3)ccc1OCCN1CCN(CC(=O)Nc2cccc(NC3CCC(=O)NC3=O)c2)[C@H](C)C1. The third kappa shape index (κ3) is 8.59. The second-order valence-electron chi connectivity index (χ2n) is 15.2. The van der Waals surface area contributed by atoms with Crippen LogP contribution in [-0.2, 0) is 31.8 Å². The first kappa shape index (κ1) is 41.5. The number of thiocarbonyl (C=S) groups is 1. The van der Waals surface area contributed by atoms with E-state index >= 15 is 0 Å². The standard InChI is InChI=1S/C41H44F3N9O5S/c1-3-26-18-29(53-39(59)52(38(57)40(53)12-5-13-40)30-20-31(41(42,43)44)33(21-45)46-22-30)8-10-34(26)58-17-16-50-14-15-51(25(2)23-50)24-36(55)48-28-7-4-6-27(19-28)47-32-9-11-35(54)49-37(32)56/h4,6-8,10,18-20,22,25,32,47H,3,5,9,11-17,23-24H2,1-2H3,(H,48,55)(H,49,54,56)/t25-,32?/m1/s1. The third-order valence-corrected chi connectivity index (χ3v) is 11.8. The number of piperazine rings is 1. The van der Waals surface area contributed by atoms with Crippen LogP contribution in [0.1, 0.15) is 62.8 Å². The molecule has 1 aliphatic carbocycles. The number of carbonyl (C=O) groups is 4. The molecule has 7 rings (SSSR count). The molecule has 3 N–H and O–H groups in total. The van der Waals surface area contributed by atoms with Gasteiger partial charge in [0.25, 0.3) is 5.91 Å². The van der Waals surface area contributed by atoms with E-state index in [2.05, 4.69) is 37.7 Å². The molecule has 1 spiro atoms. The van der Waals surface area contributed by atoms with Crippen molar-refractivity contribution in [1.82, 2.24) is 20.1 Å². The lowest BCUT2D eigenvalue weighted by molar-refractivity contribution is -0.138. The Kier molecular flexibility index (Phi) is 11.9. The lowest BCUT2D eigenvalue weighted by Crippen LogP contribution is -2.55. The summed E-state index contributed by atoms with van der Waals surface area (Å²) in [5.74, 6) is -0.549. The van der Waals surface area contributed by atoms with Crippen molar-refractivity contribution in [3.05, 3.63) is 71.5 Å². The number of ether oxygens (including phenoxy) is 1. The molecule has 310 valence electrons. The summed E-state index contributed by atoms with van der Waals surface area (Å²) in [5.41, 5.74) is -0.402. The number of alkyl halides is 3. The summed E-state index contributed by atoms with van der Waals surface area (Å²) < 4.78 is 47.7. The van der Waals surface area contributed by atoms with Gasteiger partial charge >= 0.3 is 6.18 Å². The van der Waals surface area contributed by atoms with Gasteiger partial charge in [-0.3, -0.25) is 39.2 Å². The maximum atomic E-state index is 13.9. The number of nitrogens with one attached hydrogen (secondary N) is 3. The molecule has 1 aromatic heterocycles. The van der Waals surface area contributed by atoms with E-state index in [0.29, 0.717) is 68.2 Å². The topological polar surface area (TPSA) is 163 Å². The van der Waals surface area contributed by atoms with Crippen molar-refractivity contribution in [1.29, 1.82) is 5.26 Å². The van der Waals surface area contributed by atoms with Crippen molar-refractivity contribution in [2.45, 2.75) is 76.2 Å². The molecule has 2 aromatic carbocycles. The predicted octanol–water partition coefficient (Wildman–Crippen LogP) is 4.84. The van der Waals surface area contributed by atoms with E-state index in [0.717, 1.165) is 42.2 Å². The number of piperidine rings is 1. The van der Waals surface area contributed by atoms with Gasteiger partial charge in [-0.2, -0.15) is 18.4 Å². The fraction of sp³-hybridized carbons (Fsp3) is 0.439. The summed E-state index contributed by atoms with van der Waals surface area (Å²) >= 11 is 5.78. The van der Waals surface area contributed by atoms with E-state index in [1.54, 1.807) is 29.2 Å². The summed E-state index contributed by atoms with van der Waals surface area (Å²) in [4.78, 5) is 61.6. The Morgan fingerprint density at radius 1 is 1.10 bits per heavy atom. The van der Waals surface area contributed by atoms with Crippen molar-refractivity contribution >= 4 is 63.7 Å². The molecule has 59 heavy (non-hydrogen) atoms. The van der Waals surface area contributed by atoms with Crippen LogP contribution in [0, 0.1) is 11.3 Å². The molecule has 3 aliphatic heterocycles. The number of anilines is 4. The average Bonchev–Trinajstić information content (AvgIpc) is 3.42. The number of aryl methyl sites for hydroxylation is 1. The maximum Gasteiger partial charge on any atom is 0.419 e. The lowest BCUT2D eigenvalue weighted by atomic mass is 9.75. The summed E-state index contributed by atoms with van der Waals surface area (Å²) in [7, 11) is 0. The second kappa shape index (κ2) is 16.9. The van der Waals surface area contributed by atoms with Gasteiger partial charge in [-0.05, 0) is 99.3 Å². The molecule has 3 aromatic rings. The van der Waals surface area contributed by atoms with Crippen LogP contribution < -0.4 is 30.5 Å². The first-order chi connectivity index (χ1) is 28.2. The molecule has 4 heterocycles. The molecular formula is C41H44F3N9O5S. The summed E-state index contributed by atoms with van der Waals surface area (Å²) in [6.07, 6.45) is -0.783. The Labute approximate surface area is 344 Å². The number of imide groups is 1. The Hall–Kier alpha value is -5.64. The highest BCUT2D eigenvalue weighted by molar-refractivity contribution is 7.81. The fourth-order valence-corrected chi connectivity index (χ4v) is 8.58. The van der Waals surface area contributed by atoms with Crippen LogP contribution in [0.15, 0.2) is 54.7 Å². The minimum absolute atomic E-state index is 0.0457. The maximum absolute atomic E-state index is 13.9. The third-order valence-electron chi connectivity index (χ3n) is 11.4. The molecule has 4 aliphatic rings. The van der Waals surface area contributed by atoms with E-state index in [1.807, 2.05) is 25.1 Å². The number of nitrogens with zero attached hydrogens (tertiary/aromatic N) is 6. The van der Waals surface area contributed by atoms with Gasteiger partial charge < -0.3 is 20.3 Å². The highest BCUT2D eigenvalue weighted by Crippen LogP contribution is 2.49. The van der Waals surface area contributed by atoms with Gasteiger partial charge in [-0.25, -0.2) is 4.98 Å². The monoisotopic (exact) mass is 831 g/mol. The summed E-state index contributed by atoms with van der Waals surface area (Å²) in [6, 6.07) is 14.5. The van der Waals surface area contributed by atoms with Gasteiger partial charge in [-0.15, -0.1) is 0 Å². The molecule has 4 fully saturated rings. The first-order valence-corrected chi connectivity index (χ1v) is 20.0. The number of rotatable bonds is 12. The molecular weight excluding hydrogens is 788 g/mol. The largest absolute Gasteiger partial charge is 0.492 e. The van der Waals surface area contributed by atoms with Crippen LogP contribution >= 0.6 is 12.2 Å². The molecule has 2 atom stereocenters. The molecule has 0 bridgehead atoms. The number of hydrogen-bond acceptors (Lipinski definition) is 11. The van der Waals surface area contributed by atoms with Crippen molar-refractivity contribution in [3.63, 3.8) is 0 Å². The second-order valence-corrected chi connectivity index (χ2v) is 15.6. The van der Waals surface area contributed by atoms with Gasteiger partial charge in [0.1, 0.15) is 30.0 Å². The van der Waals surface area contributed by atoms with Crippen LogP contribution in [0.4, 0.5) is 35.9 Å². The molecule has 14 nitrogen and oxygen atoms in total. The van der Waals surface area contributed by atoms with E-state index < -0.39 is 34.9 Å². The van der Waals surface area contributed by atoms with Gasteiger partial charge in [-0.1, -0.05) is 13.0 Å². The minimum atomic E-state index is -4.85. The van der Waals surface area contributed by atoms with Gasteiger partial charge in [0, 0.05) is 55.7 Å². The first-order valence-electron chi connectivity index (χ1n) is 19.6. The molecule has 1 saturated carbocycles. The number of halogens is 3. The summed E-state index contributed by atoms with van der Waals surface area (Å²) in [5, 5.41) is 17.7. The highest BCUT2D eigenvalue weighted by atomic mass is 32.1. The van der Waals surface area contributed by atoms with E-state index in [1.165, 1.54) is 6.07 Å². The van der Waals surface area contributed by atoms with Gasteiger partial charge in [0.2, 0.25) is 17.7 Å². The lowest BCUT2D eigenvalue weighted by Gasteiger charge is -2.43. The molecule has 4 amide bonds. The predicted molar refractivity (Wildman–Crippen MR) is 217 cm³/mol. The number of carbonyl (C=O) groups excluding carboxylic acids is 4.